The Hall–Kier alpha value is -2.92. The fourth-order valence-electron chi connectivity index (χ4n) is 4.12. The van der Waals surface area contributed by atoms with Crippen molar-refractivity contribution in [2.24, 2.45) is 0 Å². The van der Waals surface area contributed by atoms with E-state index < -0.39 is 0 Å². The first kappa shape index (κ1) is 17.2. The van der Waals surface area contributed by atoms with Crippen LogP contribution in [0.4, 0.5) is 15.8 Å². The normalized spacial score (nSPS) is 21.2. The Kier molecular flexibility index (Phi) is 4.24. The topological polar surface area (TPSA) is 41.1 Å². The Morgan fingerprint density at radius 1 is 0.929 bits per heavy atom. The minimum absolute atomic E-state index is 0.141. The number of benzene rings is 2. The van der Waals surface area contributed by atoms with Gasteiger partial charge >= 0.3 is 0 Å². The van der Waals surface area contributed by atoms with Gasteiger partial charge in [0.25, 0.3) is 0 Å². The first-order valence-corrected chi connectivity index (χ1v) is 10.2. The molecule has 1 aliphatic carbocycles. The van der Waals surface area contributed by atoms with Gasteiger partial charge in [-0.05, 0) is 47.7 Å². The number of allylic oxidation sites excluding steroid dienone is 1. The van der Waals surface area contributed by atoms with Crippen LogP contribution in [0.2, 0.25) is 0 Å². The van der Waals surface area contributed by atoms with Gasteiger partial charge in [-0.1, -0.05) is 30.3 Å². The lowest BCUT2D eigenvalue weighted by molar-refractivity contribution is -0.116. The van der Waals surface area contributed by atoms with Crippen molar-refractivity contribution in [2.45, 2.75) is 24.8 Å². The number of anilines is 2. The van der Waals surface area contributed by atoms with E-state index >= 15 is 0 Å². The van der Waals surface area contributed by atoms with Gasteiger partial charge < -0.3 is 10.6 Å². The molecule has 0 bridgehead atoms. The minimum Gasteiger partial charge on any atom is -0.372 e. The fourth-order valence-corrected chi connectivity index (χ4v) is 4.95. The Balaban J connectivity index is 1.62. The SMILES string of the molecule is O=C1C[C@@H](c2cccs2)CC2=C1[C@@H](c1ccc(F)cc1)Nc1ccccc1N2. The maximum absolute atomic E-state index is 13.5. The van der Waals surface area contributed by atoms with Crippen molar-refractivity contribution >= 4 is 28.5 Å². The van der Waals surface area contributed by atoms with E-state index in [0.29, 0.717) is 6.42 Å². The summed E-state index contributed by atoms with van der Waals surface area (Å²) in [5.74, 6) is 0.0532. The van der Waals surface area contributed by atoms with Gasteiger partial charge in [-0.15, -0.1) is 11.3 Å². The van der Waals surface area contributed by atoms with Crippen LogP contribution in [-0.2, 0) is 4.79 Å². The molecule has 2 N–H and O–H groups in total. The average Bonchev–Trinajstić information content (AvgIpc) is 3.18. The maximum atomic E-state index is 13.5. The molecule has 0 saturated carbocycles. The first-order chi connectivity index (χ1) is 13.7. The predicted octanol–water partition coefficient (Wildman–Crippen LogP) is 5.87. The molecule has 0 unspecified atom stereocenters. The summed E-state index contributed by atoms with van der Waals surface area (Å²) in [5.41, 5.74) is 4.50. The van der Waals surface area contributed by atoms with Gasteiger partial charge in [-0.3, -0.25) is 4.79 Å². The Bertz CT molecular complexity index is 1060. The molecule has 0 saturated heterocycles. The van der Waals surface area contributed by atoms with Crippen LogP contribution in [0.25, 0.3) is 0 Å². The number of hydrogen-bond donors (Lipinski definition) is 2. The van der Waals surface area contributed by atoms with Crippen LogP contribution in [0.1, 0.15) is 35.2 Å². The Labute approximate surface area is 166 Å². The number of rotatable bonds is 2. The second kappa shape index (κ2) is 6.91. The summed E-state index contributed by atoms with van der Waals surface area (Å²) in [7, 11) is 0. The van der Waals surface area contributed by atoms with E-state index in [1.165, 1.54) is 17.0 Å². The number of ketones is 1. The molecule has 2 atom stereocenters. The van der Waals surface area contributed by atoms with E-state index in [4.69, 9.17) is 0 Å². The number of para-hydroxylation sites is 2. The van der Waals surface area contributed by atoms with E-state index in [1.54, 1.807) is 23.5 Å². The molecule has 0 fully saturated rings. The predicted molar refractivity (Wildman–Crippen MR) is 111 cm³/mol. The van der Waals surface area contributed by atoms with E-state index in [2.05, 4.69) is 22.1 Å². The van der Waals surface area contributed by atoms with Crippen molar-refractivity contribution < 1.29 is 9.18 Å². The van der Waals surface area contributed by atoms with Crippen LogP contribution in [0.15, 0.2) is 77.3 Å². The van der Waals surface area contributed by atoms with Gasteiger partial charge in [0.1, 0.15) is 5.82 Å². The highest BCUT2D eigenvalue weighted by molar-refractivity contribution is 7.10. The van der Waals surface area contributed by atoms with Crippen molar-refractivity contribution in [3.63, 3.8) is 0 Å². The first-order valence-electron chi connectivity index (χ1n) is 9.37. The average molecular weight is 390 g/mol. The highest BCUT2D eigenvalue weighted by atomic mass is 32.1. The van der Waals surface area contributed by atoms with Gasteiger partial charge in [0, 0.05) is 28.5 Å². The molecule has 140 valence electrons. The van der Waals surface area contributed by atoms with Crippen molar-refractivity contribution in [1.82, 2.24) is 0 Å². The molecule has 3 aromatic rings. The molecule has 0 spiro atoms. The van der Waals surface area contributed by atoms with Gasteiger partial charge in [-0.2, -0.15) is 0 Å². The van der Waals surface area contributed by atoms with Gasteiger partial charge in [0.2, 0.25) is 0 Å². The third-order valence-electron chi connectivity index (χ3n) is 5.46. The summed E-state index contributed by atoms with van der Waals surface area (Å²) in [6, 6.07) is 18.2. The number of carbonyl (C=O) groups is 1. The Morgan fingerprint density at radius 3 is 2.46 bits per heavy atom. The lowest BCUT2D eigenvalue weighted by Gasteiger charge is -2.29. The smallest absolute Gasteiger partial charge is 0.163 e. The fraction of sp³-hybridized carbons (Fsp3) is 0.174. The highest BCUT2D eigenvalue weighted by Gasteiger charge is 2.36. The van der Waals surface area contributed by atoms with Gasteiger partial charge in [0.15, 0.2) is 5.78 Å². The van der Waals surface area contributed by atoms with Crippen LogP contribution in [0.3, 0.4) is 0 Å². The molecule has 0 amide bonds. The summed E-state index contributed by atoms with van der Waals surface area (Å²) in [6.45, 7) is 0. The second-order valence-electron chi connectivity index (χ2n) is 7.24. The second-order valence-corrected chi connectivity index (χ2v) is 8.21. The molecular weight excluding hydrogens is 371 g/mol. The number of fused-ring (bicyclic) bond motifs is 1. The number of thiophene rings is 1. The molecular formula is C23H19FN2OS. The monoisotopic (exact) mass is 390 g/mol. The van der Waals surface area contributed by atoms with Crippen molar-refractivity contribution in [1.29, 1.82) is 0 Å². The van der Waals surface area contributed by atoms with Crippen molar-refractivity contribution in [2.75, 3.05) is 10.6 Å². The molecule has 2 heterocycles. The summed E-state index contributed by atoms with van der Waals surface area (Å²) in [6.07, 6.45) is 1.28. The molecule has 1 aliphatic heterocycles. The quantitative estimate of drug-likeness (QED) is 0.575. The van der Waals surface area contributed by atoms with Crippen LogP contribution in [0.5, 0.6) is 0 Å². The van der Waals surface area contributed by atoms with Crippen molar-refractivity contribution in [3.8, 4) is 0 Å². The largest absolute Gasteiger partial charge is 0.372 e. The molecule has 2 aromatic carbocycles. The van der Waals surface area contributed by atoms with Crippen LogP contribution < -0.4 is 10.6 Å². The van der Waals surface area contributed by atoms with E-state index in [1.807, 2.05) is 30.3 Å². The van der Waals surface area contributed by atoms with Crippen LogP contribution >= 0.6 is 11.3 Å². The summed E-state index contributed by atoms with van der Waals surface area (Å²) in [5, 5.41) is 9.09. The lowest BCUT2D eigenvalue weighted by atomic mass is 9.81. The highest BCUT2D eigenvalue weighted by Crippen LogP contribution is 2.44. The molecule has 0 radical (unpaired) electrons. The molecule has 1 aromatic heterocycles. The standard InChI is InChI=1S/C23H19FN2OS/c24-16-9-7-14(8-10-16)23-22-19(25-17-4-1-2-5-18(17)26-23)12-15(13-20(22)27)21-6-3-11-28-21/h1-11,15,23,25-26H,12-13H2/t15-,23+/m0/s1. The van der Waals surface area contributed by atoms with Gasteiger partial charge in [0.05, 0.1) is 17.4 Å². The van der Waals surface area contributed by atoms with Crippen molar-refractivity contribution in [3.05, 3.63) is 93.6 Å². The number of Topliss-reactive ketones (excluding diaryl/α,β-unsaturated/α-hetero) is 1. The summed E-state index contributed by atoms with van der Waals surface area (Å²) in [4.78, 5) is 14.5. The zero-order chi connectivity index (χ0) is 19.1. The molecule has 3 nitrogen and oxygen atoms in total. The number of halogens is 1. The van der Waals surface area contributed by atoms with Gasteiger partial charge in [-0.25, -0.2) is 4.39 Å². The molecule has 2 aliphatic rings. The van der Waals surface area contributed by atoms with E-state index in [-0.39, 0.29) is 23.6 Å². The molecule has 5 rings (SSSR count). The number of hydrogen-bond acceptors (Lipinski definition) is 4. The number of carbonyl (C=O) groups excluding carboxylic acids is 1. The summed E-state index contributed by atoms with van der Waals surface area (Å²) >= 11 is 1.70. The molecule has 28 heavy (non-hydrogen) atoms. The third-order valence-corrected chi connectivity index (χ3v) is 6.49. The lowest BCUT2D eigenvalue weighted by Crippen LogP contribution is -2.26. The van der Waals surface area contributed by atoms with Crippen LogP contribution in [0, 0.1) is 5.82 Å². The van der Waals surface area contributed by atoms with E-state index in [0.717, 1.165) is 34.6 Å². The number of nitrogens with one attached hydrogen (secondary N) is 2. The zero-order valence-electron chi connectivity index (χ0n) is 15.1. The van der Waals surface area contributed by atoms with Crippen LogP contribution in [-0.4, -0.2) is 5.78 Å². The third kappa shape index (κ3) is 3.02. The zero-order valence-corrected chi connectivity index (χ0v) is 15.9. The Morgan fingerprint density at radius 2 is 1.71 bits per heavy atom. The minimum atomic E-state index is -0.302. The molecule has 5 heteroatoms. The maximum Gasteiger partial charge on any atom is 0.163 e. The van der Waals surface area contributed by atoms with E-state index in [9.17, 15) is 9.18 Å². The summed E-state index contributed by atoms with van der Waals surface area (Å²) < 4.78 is 13.5.